The minimum atomic E-state index is -0.143. The quantitative estimate of drug-likeness (QED) is 0.806. The van der Waals surface area contributed by atoms with Gasteiger partial charge in [-0.2, -0.15) is 0 Å². The summed E-state index contributed by atoms with van der Waals surface area (Å²) in [4.78, 5) is 26.2. The minimum absolute atomic E-state index is 0. The van der Waals surface area contributed by atoms with Gasteiger partial charge in [-0.3, -0.25) is 9.59 Å². The van der Waals surface area contributed by atoms with E-state index in [1.807, 2.05) is 0 Å². The van der Waals surface area contributed by atoms with Crippen LogP contribution in [0.3, 0.4) is 0 Å². The zero-order valence-corrected chi connectivity index (χ0v) is 15.6. The van der Waals surface area contributed by atoms with E-state index in [1.165, 1.54) is 0 Å². The Kier molecular flexibility index (Phi) is 8.84. The van der Waals surface area contributed by atoms with Crippen LogP contribution in [-0.4, -0.2) is 42.4 Å². The molecule has 24 heavy (non-hydrogen) atoms. The van der Waals surface area contributed by atoms with E-state index in [-0.39, 0.29) is 30.3 Å². The number of amides is 2. The van der Waals surface area contributed by atoms with Crippen LogP contribution in [0.25, 0.3) is 0 Å². The van der Waals surface area contributed by atoms with Crippen LogP contribution in [0.4, 0.5) is 0 Å². The molecule has 0 aliphatic carbocycles. The minimum Gasteiger partial charge on any atom is -0.354 e. The van der Waals surface area contributed by atoms with Crippen LogP contribution in [0.15, 0.2) is 18.2 Å². The lowest BCUT2D eigenvalue weighted by atomic mass is 10.0. The molecule has 134 valence electrons. The van der Waals surface area contributed by atoms with Gasteiger partial charge in [0.2, 0.25) is 5.91 Å². The third-order valence-electron chi connectivity index (χ3n) is 3.95. The Morgan fingerprint density at radius 3 is 2.75 bits per heavy atom. The standard InChI is InChI=1S/C16H21Cl2N3O2.ClH/c17-11-4-5-14(18)13(9-11)16(23)21-8-2-1-3-12(21)10-20-15(22)6-7-19;/h4-5,9,12H,1-3,6-8,10,19H2,(H,20,22);1H. The summed E-state index contributed by atoms with van der Waals surface area (Å²) in [6.45, 7) is 1.40. The average molecular weight is 395 g/mol. The summed E-state index contributed by atoms with van der Waals surface area (Å²) in [5, 5.41) is 3.70. The maximum atomic E-state index is 12.8. The van der Waals surface area contributed by atoms with E-state index in [4.69, 9.17) is 28.9 Å². The fraction of sp³-hybridized carbons (Fsp3) is 0.500. The molecule has 8 heteroatoms. The fourth-order valence-electron chi connectivity index (χ4n) is 2.75. The molecule has 1 aromatic carbocycles. The molecular formula is C16H22Cl3N3O2. The van der Waals surface area contributed by atoms with E-state index in [0.717, 1.165) is 19.3 Å². The molecule has 0 bridgehead atoms. The molecule has 2 rings (SSSR count). The van der Waals surface area contributed by atoms with Crippen molar-refractivity contribution in [1.82, 2.24) is 10.2 Å². The molecule has 1 aliphatic rings. The smallest absolute Gasteiger partial charge is 0.255 e. The van der Waals surface area contributed by atoms with Gasteiger partial charge in [0, 0.05) is 37.1 Å². The molecule has 1 fully saturated rings. The lowest BCUT2D eigenvalue weighted by Gasteiger charge is -2.36. The predicted octanol–water partition coefficient (Wildman–Crippen LogP) is 2.87. The summed E-state index contributed by atoms with van der Waals surface area (Å²) in [7, 11) is 0. The topological polar surface area (TPSA) is 75.4 Å². The maximum absolute atomic E-state index is 12.8. The summed E-state index contributed by atoms with van der Waals surface area (Å²) in [6.07, 6.45) is 3.12. The molecule has 2 amide bonds. The number of piperidine rings is 1. The largest absolute Gasteiger partial charge is 0.354 e. The second kappa shape index (κ2) is 10.1. The lowest BCUT2D eigenvalue weighted by molar-refractivity contribution is -0.121. The predicted molar refractivity (Wildman–Crippen MR) is 99.1 cm³/mol. The monoisotopic (exact) mass is 393 g/mol. The van der Waals surface area contributed by atoms with Gasteiger partial charge < -0.3 is 16.0 Å². The number of likely N-dealkylation sites (tertiary alicyclic amines) is 1. The molecule has 0 aromatic heterocycles. The van der Waals surface area contributed by atoms with Crippen molar-refractivity contribution in [3.8, 4) is 0 Å². The number of carbonyl (C=O) groups excluding carboxylic acids is 2. The number of nitrogens with one attached hydrogen (secondary N) is 1. The number of halogens is 3. The molecule has 1 atom stereocenters. The van der Waals surface area contributed by atoms with Gasteiger partial charge in [-0.1, -0.05) is 23.2 Å². The van der Waals surface area contributed by atoms with Crippen LogP contribution >= 0.6 is 35.6 Å². The van der Waals surface area contributed by atoms with Crippen molar-refractivity contribution in [3.63, 3.8) is 0 Å². The van der Waals surface area contributed by atoms with E-state index in [9.17, 15) is 9.59 Å². The maximum Gasteiger partial charge on any atom is 0.255 e. The van der Waals surface area contributed by atoms with Crippen molar-refractivity contribution in [1.29, 1.82) is 0 Å². The van der Waals surface area contributed by atoms with Gasteiger partial charge >= 0.3 is 0 Å². The molecular weight excluding hydrogens is 373 g/mol. The number of hydrogen-bond acceptors (Lipinski definition) is 3. The average Bonchev–Trinajstić information content (AvgIpc) is 2.55. The van der Waals surface area contributed by atoms with Crippen LogP contribution < -0.4 is 11.1 Å². The highest BCUT2D eigenvalue weighted by molar-refractivity contribution is 6.35. The van der Waals surface area contributed by atoms with E-state index in [2.05, 4.69) is 5.32 Å². The Hall–Kier alpha value is -1.01. The number of nitrogens with zero attached hydrogens (tertiary/aromatic N) is 1. The van der Waals surface area contributed by atoms with E-state index < -0.39 is 0 Å². The Morgan fingerprint density at radius 1 is 1.29 bits per heavy atom. The number of nitrogens with two attached hydrogens (primary N) is 1. The molecule has 0 saturated carbocycles. The molecule has 0 spiro atoms. The number of hydrogen-bond donors (Lipinski definition) is 2. The Balaban J connectivity index is 0.00000288. The number of benzene rings is 1. The van der Waals surface area contributed by atoms with Gasteiger partial charge in [-0.05, 0) is 37.5 Å². The first-order chi connectivity index (χ1) is 11.0. The van der Waals surface area contributed by atoms with Crippen LogP contribution in [0.1, 0.15) is 36.0 Å². The van der Waals surface area contributed by atoms with Gasteiger partial charge in [-0.25, -0.2) is 0 Å². The zero-order valence-electron chi connectivity index (χ0n) is 13.3. The number of rotatable bonds is 5. The van der Waals surface area contributed by atoms with Gasteiger partial charge in [-0.15, -0.1) is 12.4 Å². The van der Waals surface area contributed by atoms with Gasteiger partial charge in [0.25, 0.3) is 5.91 Å². The molecule has 1 aromatic rings. The molecule has 5 nitrogen and oxygen atoms in total. The highest BCUT2D eigenvalue weighted by atomic mass is 35.5. The SMILES string of the molecule is Cl.NCCC(=O)NCC1CCCCN1C(=O)c1cc(Cl)ccc1Cl. The summed E-state index contributed by atoms with van der Waals surface area (Å²) in [6, 6.07) is 4.83. The van der Waals surface area contributed by atoms with Crippen molar-refractivity contribution in [2.45, 2.75) is 31.7 Å². The van der Waals surface area contributed by atoms with Crippen molar-refractivity contribution in [2.24, 2.45) is 5.73 Å². The van der Waals surface area contributed by atoms with Gasteiger partial charge in [0.05, 0.1) is 10.6 Å². The molecule has 1 aliphatic heterocycles. The second-order valence-electron chi connectivity index (χ2n) is 5.62. The van der Waals surface area contributed by atoms with E-state index in [0.29, 0.717) is 41.7 Å². The van der Waals surface area contributed by atoms with Crippen LogP contribution in [0, 0.1) is 0 Å². The molecule has 3 N–H and O–H groups in total. The third kappa shape index (κ3) is 5.52. The second-order valence-corrected chi connectivity index (χ2v) is 6.46. The molecule has 1 unspecified atom stereocenters. The first-order valence-corrected chi connectivity index (χ1v) is 8.51. The van der Waals surface area contributed by atoms with Crippen molar-refractivity contribution in [3.05, 3.63) is 33.8 Å². The normalized spacial score (nSPS) is 17.1. The summed E-state index contributed by atoms with van der Waals surface area (Å²) >= 11 is 12.1. The van der Waals surface area contributed by atoms with Gasteiger partial charge in [0.15, 0.2) is 0 Å². The van der Waals surface area contributed by atoms with Gasteiger partial charge in [0.1, 0.15) is 0 Å². The van der Waals surface area contributed by atoms with Crippen LogP contribution in [-0.2, 0) is 4.79 Å². The van der Waals surface area contributed by atoms with Crippen molar-refractivity contribution < 1.29 is 9.59 Å². The molecule has 0 radical (unpaired) electrons. The fourth-order valence-corrected chi connectivity index (χ4v) is 3.12. The molecule has 1 heterocycles. The lowest BCUT2D eigenvalue weighted by Crippen LogP contribution is -2.49. The third-order valence-corrected chi connectivity index (χ3v) is 4.52. The summed E-state index contributed by atoms with van der Waals surface area (Å²) in [5.74, 6) is -0.235. The van der Waals surface area contributed by atoms with E-state index in [1.54, 1.807) is 23.1 Å². The highest BCUT2D eigenvalue weighted by Gasteiger charge is 2.28. The van der Waals surface area contributed by atoms with Crippen LogP contribution in [0.5, 0.6) is 0 Å². The van der Waals surface area contributed by atoms with Crippen molar-refractivity contribution in [2.75, 3.05) is 19.6 Å². The molecule has 1 saturated heterocycles. The first kappa shape index (κ1) is 21.0. The summed E-state index contributed by atoms with van der Waals surface area (Å²) in [5.41, 5.74) is 5.77. The first-order valence-electron chi connectivity index (χ1n) is 7.75. The Bertz CT molecular complexity index is 584. The summed E-state index contributed by atoms with van der Waals surface area (Å²) < 4.78 is 0. The van der Waals surface area contributed by atoms with E-state index >= 15 is 0 Å². The zero-order chi connectivity index (χ0) is 16.8. The highest BCUT2D eigenvalue weighted by Crippen LogP contribution is 2.25. The van der Waals surface area contributed by atoms with Crippen molar-refractivity contribution >= 4 is 47.4 Å². The van der Waals surface area contributed by atoms with Crippen LogP contribution in [0.2, 0.25) is 10.0 Å². The Morgan fingerprint density at radius 2 is 2.04 bits per heavy atom. The Labute approximate surface area is 158 Å². The number of carbonyl (C=O) groups is 2.